The summed E-state index contributed by atoms with van der Waals surface area (Å²) in [5, 5.41) is 22.6. The predicted molar refractivity (Wildman–Crippen MR) is 202 cm³/mol. The summed E-state index contributed by atoms with van der Waals surface area (Å²) in [5.41, 5.74) is 0.106. The van der Waals surface area contributed by atoms with Gasteiger partial charge >= 0.3 is 5.97 Å². The fraction of sp³-hybridized carbons (Fsp3) is 0.762. The van der Waals surface area contributed by atoms with E-state index in [9.17, 15) is 19.8 Å². The van der Waals surface area contributed by atoms with Gasteiger partial charge in [-0.05, 0) is 25.0 Å². The summed E-state index contributed by atoms with van der Waals surface area (Å²) in [4.78, 5) is 28.0. The molecule has 1 aromatic carbocycles. The van der Waals surface area contributed by atoms with Crippen LogP contribution in [0, 0.1) is 17.3 Å². The molecule has 5 heterocycles. The minimum atomic E-state index is -2.06. The number of aliphatic hydroxyl groups is 2. The molecule has 15 heteroatoms. The van der Waals surface area contributed by atoms with Crippen LogP contribution in [0.25, 0.3) is 6.08 Å². The lowest BCUT2D eigenvalue weighted by atomic mass is 9.77. The van der Waals surface area contributed by atoms with Gasteiger partial charge in [-0.2, -0.15) is 0 Å². The molecule has 0 saturated carbocycles. The van der Waals surface area contributed by atoms with Crippen LogP contribution in [-0.2, 0) is 61.7 Å². The Kier molecular flexibility index (Phi) is 14.3. The van der Waals surface area contributed by atoms with E-state index in [1.54, 1.807) is 13.8 Å². The molecular formula is C42H62O15. The van der Waals surface area contributed by atoms with Crippen LogP contribution < -0.4 is 0 Å². The molecule has 15 nitrogen and oxygen atoms in total. The van der Waals surface area contributed by atoms with Crippen LogP contribution in [0.5, 0.6) is 0 Å². The SMILES string of the molecule is CO[C@@H]1[C@H](O[C@@H]2[C@@H](OC)[C@H](O[C@H]3C[C@H]4CC(=O)[C@]5(O)O[C@H](C[C@H]5C)C(C)(C)[C@@H](/C=C/c5ccccc5)OC(=O)C[C@H](O4)[C@@H]3C)OC[C@H]2OC)O[C@@H](C)[C@@H](O)[C@H]1OC. The van der Waals surface area contributed by atoms with Crippen LogP contribution >= 0.6 is 0 Å². The van der Waals surface area contributed by atoms with Gasteiger partial charge in [0.05, 0.1) is 43.5 Å². The Balaban J connectivity index is 1.25. The van der Waals surface area contributed by atoms with E-state index in [1.807, 2.05) is 63.3 Å². The first-order valence-electron chi connectivity index (χ1n) is 20.0. The molecule has 5 aliphatic heterocycles. The van der Waals surface area contributed by atoms with Crippen LogP contribution in [0.4, 0.5) is 0 Å². The highest BCUT2D eigenvalue weighted by Gasteiger charge is 2.57. The second-order valence-electron chi connectivity index (χ2n) is 16.7. The maximum atomic E-state index is 14.1. The number of hydrogen-bond acceptors (Lipinski definition) is 15. The maximum Gasteiger partial charge on any atom is 0.309 e. The molecule has 5 saturated heterocycles. The highest BCUT2D eigenvalue weighted by Crippen LogP contribution is 2.47. The normalized spacial score (nSPS) is 44.2. The first kappa shape index (κ1) is 44.2. The standard InChI is InChI=1S/C42H62O15/c1-22-17-32-41(4,5)31(16-15-25-13-11-10-12-14-25)55-33(44)20-28-23(2)27(18-26(53-28)19-30(43)42(22,46)57-32)54-39-37(49-8)35(29(47-6)21-51-39)56-40-38(50-9)36(48-7)34(45)24(3)52-40/h10-16,22-24,26-29,31-32,34-40,45-46H,17-21H2,1-9H3/b16-15+/t22-,23-,24+,26+,27+,28+,29-,31-,32-,34-,35+,36-,37-,38+,39+,40+,42-/m1/s1. The second-order valence-corrected chi connectivity index (χ2v) is 16.7. The maximum absolute atomic E-state index is 14.1. The number of rotatable bonds is 10. The molecule has 0 aliphatic carbocycles. The van der Waals surface area contributed by atoms with E-state index in [-0.39, 0.29) is 31.8 Å². The Morgan fingerprint density at radius 3 is 2.16 bits per heavy atom. The average Bonchev–Trinajstić information content (AvgIpc) is 3.51. The fourth-order valence-corrected chi connectivity index (χ4v) is 8.85. The third kappa shape index (κ3) is 9.20. The van der Waals surface area contributed by atoms with Crippen LogP contribution in [-0.4, -0.2) is 149 Å². The first-order chi connectivity index (χ1) is 27.1. The number of cyclic esters (lactones) is 1. The lowest BCUT2D eigenvalue weighted by molar-refractivity contribution is -0.358. The Hall–Kier alpha value is -2.38. The van der Waals surface area contributed by atoms with Gasteiger partial charge in [0.1, 0.15) is 42.7 Å². The van der Waals surface area contributed by atoms with Gasteiger partial charge in [-0.3, -0.25) is 9.59 Å². The van der Waals surface area contributed by atoms with Crippen molar-refractivity contribution in [3.63, 3.8) is 0 Å². The molecule has 320 valence electrons. The third-order valence-electron chi connectivity index (χ3n) is 12.7. The zero-order chi connectivity index (χ0) is 41.2. The van der Waals surface area contributed by atoms with Gasteiger partial charge in [0.15, 0.2) is 18.4 Å². The monoisotopic (exact) mass is 806 g/mol. The summed E-state index contributed by atoms with van der Waals surface area (Å²) in [5.74, 6) is -3.95. The summed E-state index contributed by atoms with van der Waals surface area (Å²) >= 11 is 0. The highest BCUT2D eigenvalue weighted by molar-refractivity contribution is 5.86. The Morgan fingerprint density at radius 1 is 0.807 bits per heavy atom. The molecule has 5 fully saturated rings. The van der Waals surface area contributed by atoms with E-state index in [0.29, 0.717) is 6.42 Å². The van der Waals surface area contributed by atoms with E-state index in [0.717, 1.165) is 5.56 Å². The van der Waals surface area contributed by atoms with Crippen LogP contribution in [0.3, 0.4) is 0 Å². The highest BCUT2D eigenvalue weighted by atomic mass is 16.8. The number of esters is 1. The van der Waals surface area contributed by atoms with Crippen LogP contribution in [0.1, 0.15) is 65.9 Å². The molecule has 1 aromatic rings. The van der Waals surface area contributed by atoms with Gasteiger partial charge in [-0.1, -0.05) is 64.1 Å². The minimum absolute atomic E-state index is 0.0777. The van der Waals surface area contributed by atoms with Gasteiger partial charge < -0.3 is 62.3 Å². The van der Waals surface area contributed by atoms with E-state index in [2.05, 4.69) is 0 Å². The van der Waals surface area contributed by atoms with Crippen molar-refractivity contribution < 1.29 is 71.9 Å². The molecule has 0 unspecified atom stereocenters. The molecule has 2 N–H and O–H groups in total. The number of carbonyl (C=O) groups is 2. The van der Waals surface area contributed by atoms with Crippen molar-refractivity contribution in [2.75, 3.05) is 35.0 Å². The van der Waals surface area contributed by atoms with E-state index < -0.39 is 115 Å². The number of fused-ring (bicyclic) bond motifs is 4. The molecule has 17 atom stereocenters. The number of ether oxygens (including phenoxy) is 11. The summed E-state index contributed by atoms with van der Waals surface area (Å²) in [6.07, 6.45) is -6.54. The molecule has 0 spiro atoms. The molecule has 5 aliphatic rings. The first-order valence-corrected chi connectivity index (χ1v) is 20.0. The van der Waals surface area contributed by atoms with Gasteiger partial charge in [-0.25, -0.2) is 0 Å². The van der Waals surface area contributed by atoms with Crippen molar-refractivity contribution in [2.45, 2.75) is 152 Å². The van der Waals surface area contributed by atoms with Crippen molar-refractivity contribution in [3.8, 4) is 0 Å². The Morgan fingerprint density at radius 2 is 1.49 bits per heavy atom. The number of benzene rings is 1. The molecule has 0 radical (unpaired) electrons. The van der Waals surface area contributed by atoms with Crippen LogP contribution in [0.2, 0.25) is 0 Å². The van der Waals surface area contributed by atoms with Gasteiger partial charge in [-0.15, -0.1) is 0 Å². The van der Waals surface area contributed by atoms with Crippen molar-refractivity contribution in [2.24, 2.45) is 17.3 Å². The largest absolute Gasteiger partial charge is 0.457 e. The minimum Gasteiger partial charge on any atom is -0.457 e. The number of carbonyl (C=O) groups excluding carboxylic acids is 2. The van der Waals surface area contributed by atoms with Gasteiger partial charge in [0.25, 0.3) is 0 Å². The van der Waals surface area contributed by atoms with E-state index in [4.69, 9.17) is 52.1 Å². The molecule has 0 amide bonds. The van der Waals surface area contributed by atoms with Gasteiger partial charge in [0.2, 0.25) is 5.79 Å². The smallest absolute Gasteiger partial charge is 0.309 e. The van der Waals surface area contributed by atoms with Crippen molar-refractivity contribution in [1.82, 2.24) is 0 Å². The summed E-state index contributed by atoms with van der Waals surface area (Å²) < 4.78 is 67.6. The third-order valence-corrected chi connectivity index (χ3v) is 12.7. The summed E-state index contributed by atoms with van der Waals surface area (Å²) in [7, 11) is 6.02. The van der Waals surface area contributed by atoms with E-state index in [1.165, 1.54) is 28.4 Å². The fourth-order valence-electron chi connectivity index (χ4n) is 8.85. The molecular weight excluding hydrogens is 744 g/mol. The summed E-state index contributed by atoms with van der Waals surface area (Å²) in [6, 6.07) is 9.67. The predicted octanol–water partition coefficient (Wildman–Crippen LogP) is 3.20. The van der Waals surface area contributed by atoms with E-state index >= 15 is 0 Å². The number of hydrogen-bond donors (Lipinski definition) is 2. The Bertz CT molecular complexity index is 1520. The zero-order valence-corrected chi connectivity index (χ0v) is 34.5. The number of Topliss-reactive ketones (excluding diaryl/α,β-unsaturated/α-hetero) is 1. The molecule has 57 heavy (non-hydrogen) atoms. The lowest BCUT2D eigenvalue weighted by Gasteiger charge is -2.48. The number of aliphatic hydroxyl groups excluding tert-OH is 1. The lowest BCUT2D eigenvalue weighted by Crippen LogP contribution is -2.63. The van der Waals surface area contributed by atoms with Crippen molar-refractivity contribution >= 4 is 17.8 Å². The van der Waals surface area contributed by atoms with Crippen molar-refractivity contribution in [1.29, 1.82) is 0 Å². The topological polar surface area (TPSA) is 176 Å². The van der Waals surface area contributed by atoms with Crippen LogP contribution in [0.15, 0.2) is 36.4 Å². The second kappa shape index (κ2) is 18.5. The summed E-state index contributed by atoms with van der Waals surface area (Å²) in [6.45, 7) is 9.36. The number of methoxy groups -OCH3 is 4. The van der Waals surface area contributed by atoms with Gasteiger partial charge in [0, 0.05) is 58.5 Å². The molecule has 4 bridgehead atoms. The van der Waals surface area contributed by atoms with Crippen molar-refractivity contribution in [3.05, 3.63) is 42.0 Å². The average molecular weight is 807 g/mol. The zero-order valence-electron chi connectivity index (χ0n) is 34.5. The number of ketones is 1. The molecule has 6 rings (SSSR count). The molecule has 0 aromatic heterocycles. The Labute approximate surface area is 335 Å². The quantitative estimate of drug-likeness (QED) is 0.330.